The monoisotopic (exact) mass is 357 g/mol. The van der Waals surface area contributed by atoms with Gasteiger partial charge in [0.2, 0.25) is 5.91 Å². The number of urea groups is 1. The third kappa shape index (κ3) is 5.23. The summed E-state index contributed by atoms with van der Waals surface area (Å²) < 4.78 is 0. The summed E-state index contributed by atoms with van der Waals surface area (Å²) in [5.74, 6) is 1.04. The molecular weight excluding hydrogens is 326 g/mol. The average Bonchev–Trinajstić information content (AvgIpc) is 3.48. The molecule has 2 saturated carbocycles. The van der Waals surface area contributed by atoms with E-state index >= 15 is 0 Å². The topological polar surface area (TPSA) is 61.4 Å². The Morgan fingerprint density at radius 1 is 1.00 bits per heavy atom. The number of para-hydroxylation sites is 1. The smallest absolute Gasteiger partial charge is 0.319 e. The van der Waals surface area contributed by atoms with Gasteiger partial charge in [-0.05, 0) is 56.6 Å². The van der Waals surface area contributed by atoms with Crippen LogP contribution in [0.4, 0.5) is 10.5 Å². The Morgan fingerprint density at radius 2 is 1.62 bits per heavy atom. The molecule has 1 aromatic rings. The lowest BCUT2D eigenvalue weighted by atomic mass is 9.83. The van der Waals surface area contributed by atoms with Gasteiger partial charge in [0, 0.05) is 30.7 Å². The molecule has 0 aliphatic heterocycles. The van der Waals surface area contributed by atoms with Crippen molar-refractivity contribution in [2.45, 2.75) is 70.4 Å². The van der Waals surface area contributed by atoms with E-state index in [0.717, 1.165) is 37.3 Å². The van der Waals surface area contributed by atoms with Gasteiger partial charge < -0.3 is 15.5 Å². The van der Waals surface area contributed by atoms with Crippen LogP contribution in [0.1, 0.15) is 58.3 Å². The van der Waals surface area contributed by atoms with E-state index in [-0.39, 0.29) is 11.9 Å². The summed E-state index contributed by atoms with van der Waals surface area (Å²) in [6.45, 7) is 2.64. The minimum Gasteiger partial charge on any atom is -0.337 e. The van der Waals surface area contributed by atoms with Crippen LogP contribution in [0.2, 0.25) is 0 Å². The van der Waals surface area contributed by atoms with Gasteiger partial charge in [0.15, 0.2) is 0 Å². The summed E-state index contributed by atoms with van der Waals surface area (Å²) in [5, 5.41) is 5.58. The van der Waals surface area contributed by atoms with Crippen LogP contribution in [0, 0.1) is 5.92 Å². The summed E-state index contributed by atoms with van der Waals surface area (Å²) >= 11 is 0. The second-order valence-corrected chi connectivity index (χ2v) is 7.61. The zero-order valence-corrected chi connectivity index (χ0v) is 15.7. The van der Waals surface area contributed by atoms with Gasteiger partial charge in [0.25, 0.3) is 0 Å². The van der Waals surface area contributed by atoms with Gasteiger partial charge in [-0.3, -0.25) is 4.79 Å². The maximum absolute atomic E-state index is 12.8. The maximum atomic E-state index is 12.8. The van der Waals surface area contributed by atoms with E-state index in [0.29, 0.717) is 25.0 Å². The van der Waals surface area contributed by atoms with Crippen LogP contribution in [-0.4, -0.2) is 35.5 Å². The number of nitrogens with zero attached hydrogens (tertiary/aromatic N) is 1. The summed E-state index contributed by atoms with van der Waals surface area (Å²) in [6, 6.07) is 9.94. The molecule has 0 bridgehead atoms. The number of hydrogen-bond acceptors (Lipinski definition) is 2. The van der Waals surface area contributed by atoms with E-state index < -0.39 is 0 Å². The zero-order valence-electron chi connectivity index (χ0n) is 15.7. The van der Waals surface area contributed by atoms with Crippen molar-refractivity contribution in [3.8, 4) is 0 Å². The summed E-state index contributed by atoms with van der Waals surface area (Å²) in [6.07, 6.45) is 8.69. The lowest BCUT2D eigenvalue weighted by Gasteiger charge is -2.37. The largest absolute Gasteiger partial charge is 0.337 e. The number of nitrogens with one attached hydrogen (secondary N) is 2. The van der Waals surface area contributed by atoms with Crippen molar-refractivity contribution in [1.82, 2.24) is 10.2 Å². The fourth-order valence-electron chi connectivity index (χ4n) is 4.00. The first-order valence-corrected chi connectivity index (χ1v) is 10.1. The molecule has 0 unspecified atom stereocenters. The zero-order chi connectivity index (χ0) is 18.4. The molecule has 5 heteroatoms. The van der Waals surface area contributed by atoms with E-state index in [2.05, 4.69) is 22.5 Å². The summed E-state index contributed by atoms with van der Waals surface area (Å²) in [4.78, 5) is 26.9. The molecule has 26 heavy (non-hydrogen) atoms. The standard InChI is InChI=1S/C21H31N3O2/c1-2-16-8-10-18(11-9-16)24(19-12-13-19)20(25)14-15-22-21(26)23-17-6-4-3-5-7-17/h3-7,16,18-19H,2,8-15H2,1H3,(H2,22,23,26). The number of benzene rings is 1. The van der Waals surface area contributed by atoms with Crippen molar-refractivity contribution in [3.05, 3.63) is 30.3 Å². The average molecular weight is 357 g/mol. The molecule has 142 valence electrons. The molecule has 0 aromatic heterocycles. The van der Waals surface area contributed by atoms with Crippen LogP contribution in [0.25, 0.3) is 0 Å². The highest BCUT2D eigenvalue weighted by atomic mass is 16.2. The normalized spacial score (nSPS) is 22.5. The third-order valence-electron chi connectivity index (χ3n) is 5.67. The number of rotatable bonds is 7. The molecule has 3 rings (SSSR count). The van der Waals surface area contributed by atoms with Crippen LogP contribution in [0.3, 0.4) is 0 Å². The van der Waals surface area contributed by atoms with Gasteiger partial charge in [-0.15, -0.1) is 0 Å². The molecule has 1 aromatic carbocycles. The van der Waals surface area contributed by atoms with Crippen molar-refractivity contribution in [2.75, 3.05) is 11.9 Å². The number of amides is 3. The molecule has 2 aliphatic carbocycles. The Bertz CT molecular complexity index is 593. The molecule has 0 radical (unpaired) electrons. The van der Waals surface area contributed by atoms with Crippen LogP contribution in [-0.2, 0) is 4.79 Å². The fraction of sp³-hybridized carbons (Fsp3) is 0.619. The van der Waals surface area contributed by atoms with Gasteiger partial charge in [-0.2, -0.15) is 0 Å². The summed E-state index contributed by atoms with van der Waals surface area (Å²) in [5.41, 5.74) is 0.753. The molecule has 0 saturated heterocycles. The van der Waals surface area contributed by atoms with E-state index in [1.807, 2.05) is 30.3 Å². The number of carbonyl (C=O) groups excluding carboxylic acids is 2. The predicted octanol–water partition coefficient (Wildman–Crippen LogP) is 4.16. The number of hydrogen-bond donors (Lipinski definition) is 2. The first-order chi connectivity index (χ1) is 12.7. The second kappa shape index (κ2) is 9.06. The number of carbonyl (C=O) groups is 2. The Labute approximate surface area is 156 Å². The van der Waals surface area contributed by atoms with Crippen LogP contribution in [0.15, 0.2) is 30.3 Å². The maximum Gasteiger partial charge on any atom is 0.319 e. The summed E-state index contributed by atoms with van der Waals surface area (Å²) in [7, 11) is 0. The minimum atomic E-state index is -0.259. The van der Waals surface area contributed by atoms with E-state index in [9.17, 15) is 9.59 Å². The van der Waals surface area contributed by atoms with Gasteiger partial charge >= 0.3 is 6.03 Å². The Balaban J connectivity index is 1.43. The lowest BCUT2D eigenvalue weighted by Crippen LogP contribution is -2.45. The first kappa shape index (κ1) is 18.7. The van der Waals surface area contributed by atoms with Gasteiger partial charge in [0.05, 0.1) is 0 Å². The van der Waals surface area contributed by atoms with Crippen molar-refractivity contribution in [1.29, 1.82) is 0 Å². The van der Waals surface area contributed by atoms with Crippen LogP contribution < -0.4 is 10.6 Å². The molecule has 0 atom stereocenters. The third-order valence-corrected chi connectivity index (χ3v) is 5.67. The molecular formula is C21H31N3O2. The number of anilines is 1. The lowest BCUT2D eigenvalue weighted by molar-refractivity contribution is -0.135. The highest BCUT2D eigenvalue weighted by Gasteiger charge is 2.38. The molecule has 3 amide bonds. The second-order valence-electron chi connectivity index (χ2n) is 7.61. The van der Waals surface area contributed by atoms with Gasteiger partial charge in [-0.25, -0.2) is 4.79 Å². The SMILES string of the molecule is CCC1CCC(N(C(=O)CCNC(=O)Nc2ccccc2)C2CC2)CC1. The van der Waals surface area contributed by atoms with Crippen molar-refractivity contribution < 1.29 is 9.59 Å². The van der Waals surface area contributed by atoms with Crippen LogP contribution >= 0.6 is 0 Å². The van der Waals surface area contributed by atoms with E-state index in [1.165, 1.54) is 19.3 Å². The molecule has 2 N–H and O–H groups in total. The Morgan fingerprint density at radius 3 is 2.19 bits per heavy atom. The highest BCUT2D eigenvalue weighted by molar-refractivity contribution is 5.89. The van der Waals surface area contributed by atoms with E-state index in [4.69, 9.17) is 0 Å². The molecule has 0 heterocycles. The van der Waals surface area contributed by atoms with Crippen molar-refractivity contribution >= 4 is 17.6 Å². The fourth-order valence-corrected chi connectivity index (χ4v) is 4.00. The molecule has 2 fully saturated rings. The molecule has 2 aliphatic rings. The molecule has 0 spiro atoms. The minimum absolute atomic E-state index is 0.201. The predicted molar refractivity (Wildman–Crippen MR) is 104 cm³/mol. The van der Waals surface area contributed by atoms with E-state index in [1.54, 1.807) is 0 Å². The van der Waals surface area contributed by atoms with Gasteiger partial charge in [0.1, 0.15) is 0 Å². The van der Waals surface area contributed by atoms with Crippen molar-refractivity contribution in [3.63, 3.8) is 0 Å². The molecule has 5 nitrogen and oxygen atoms in total. The van der Waals surface area contributed by atoms with Crippen LogP contribution in [0.5, 0.6) is 0 Å². The first-order valence-electron chi connectivity index (χ1n) is 10.1. The Hall–Kier alpha value is -2.04. The van der Waals surface area contributed by atoms with Gasteiger partial charge in [-0.1, -0.05) is 31.5 Å². The van der Waals surface area contributed by atoms with Crippen molar-refractivity contribution in [2.24, 2.45) is 5.92 Å². The highest BCUT2D eigenvalue weighted by Crippen LogP contribution is 2.36. The quantitative estimate of drug-likeness (QED) is 0.770. The Kier molecular flexibility index (Phi) is 6.53.